The summed E-state index contributed by atoms with van der Waals surface area (Å²) in [6.07, 6.45) is 3.81. The SMILES string of the molecule is Cl.O=C(CCCSc1ccc(Br)cc1)NC1CCCNC1. The first kappa shape index (κ1) is 18.8. The average molecular weight is 394 g/mol. The van der Waals surface area contributed by atoms with Gasteiger partial charge in [-0.1, -0.05) is 15.9 Å². The monoisotopic (exact) mass is 392 g/mol. The molecule has 1 amide bonds. The van der Waals surface area contributed by atoms with Gasteiger partial charge in [-0.2, -0.15) is 0 Å². The van der Waals surface area contributed by atoms with Gasteiger partial charge in [0.25, 0.3) is 0 Å². The maximum absolute atomic E-state index is 11.8. The van der Waals surface area contributed by atoms with Gasteiger partial charge in [0.05, 0.1) is 0 Å². The molecule has 1 fully saturated rings. The topological polar surface area (TPSA) is 41.1 Å². The van der Waals surface area contributed by atoms with Crippen molar-refractivity contribution < 1.29 is 4.79 Å². The third-order valence-corrected chi connectivity index (χ3v) is 4.92. The number of piperidine rings is 1. The van der Waals surface area contributed by atoms with Gasteiger partial charge in [0, 0.05) is 28.4 Å². The second-order valence-electron chi connectivity index (χ2n) is 5.02. The van der Waals surface area contributed by atoms with Gasteiger partial charge in [-0.05, 0) is 55.8 Å². The average Bonchev–Trinajstić information content (AvgIpc) is 2.46. The highest BCUT2D eigenvalue weighted by Gasteiger charge is 2.14. The van der Waals surface area contributed by atoms with Crippen LogP contribution < -0.4 is 10.6 Å². The maximum atomic E-state index is 11.8. The molecule has 1 atom stereocenters. The van der Waals surface area contributed by atoms with Crippen LogP contribution in [0.15, 0.2) is 33.6 Å². The molecule has 0 saturated carbocycles. The van der Waals surface area contributed by atoms with Crippen LogP contribution in [-0.2, 0) is 4.79 Å². The zero-order valence-electron chi connectivity index (χ0n) is 11.9. The predicted octanol–water partition coefficient (Wildman–Crippen LogP) is 3.61. The van der Waals surface area contributed by atoms with Gasteiger partial charge < -0.3 is 10.6 Å². The summed E-state index contributed by atoms with van der Waals surface area (Å²) in [7, 11) is 0. The summed E-state index contributed by atoms with van der Waals surface area (Å²) in [6.45, 7) is 2.00. The fourth-order valence-electron chi connectivity index (χ4n) is 2.23. The van der Waals surface area contributed by atoms with E-state index in [-0.39, 0.29) is 18.3 Å². The van der Waals surface area contributed by atoms with Crippen LogP contribution in [0.4, 0.5) is 0 Å². The Balaban J connectivity index is 0.00000220. The third-order valence-electron chi connectivity index (χ3n) is 3.29. The first-order valence-electron chi connectivity index (χ1n) is 7.12. The van der Waals surface area contributed by atoms with Crippen molar-refractivity contribution in [1.82, 2.24) is 10.6 Å². The van der Waals surface area contributed by atoms with Gasteiger partial charge >= 0.3 is 0 Å². The van der Waals surface area contributed by atoms with Gasteiger partial charge in [0.1, 0.15) is 0 Å². The van der Waals surface area contributed by atoms with E-state index in [4.69, 9.17) is 0 Å². The highest BCUT2D eigenvalue weighted by Crippen LogP contribution is 2.21. The van der Waals surface area contributed by atoms with Crippen LogP contribution in [0.5, 0.6) is 0 Å². The van der Waals surface area contributed by atoms with Crippen molar-refractivity contribution in [2.45, 2.75) is 36.6 Å². The number of nitrogens with one attached hydrogen (secondary N) is 2. The third kappa shape index (κ3) is 7.54. The molecule has 1 aliphatic rings. The van der Waals surface area contributed by atoms with Crippen molar-refractivity contribution in [2.75, 3.05) is 18.8 Å². The van der Waals surface area contributed by atoms with Crippen molar-refractivity contribution in [1.29, 1.82) is 0 Å². The molecule has 0 radical (unpaired) electrons. The van der Waals surface area contributed by atoms with E-state index in [2.05, 4.69) is 38.7 Å². The smallest absolute Gasteiger partial charge is 0.220 e. The maximum Gasteiger partial charge on any atom is 0.220 e. The number of thioether (sulfide) groups is 1. The number of amides is 1. The van der Waals surface area contributed by atoms with E-state index in [1.165, 1.54) is 4.90 Å². The van der Waals surface area contributed by atoms with Crippen LogP contribution in [0.1, 0.15) is 25.7 Å². The zero-order chi connectivity index (χ0) is 14.2. The number of rotatable bonds is 6. The lowest BCUT2D eigenvalue weighted by atomic mass is 10.1. The summed E-state index contributed by atoms with van der Waals surface area (Å²) in [6, 6.07) is 8.62. The molecule has 1 aromatic rings. The molecule has 1 aliphatic heterocycles. The molecular weight excluding hydrogens is 372 g/mol. The van der Waals surface area contributed by atoms with Crippen molar-refractivity contribution in [3.63, 3.8) is 0 Å². The second-order valence-corrected chi connectivity index (χ2v) is 7.10. The quantitative estimate of drug-likeness (QED) is 0.573. The Morgan fingerprint density at radius 1 is 1.38 bits per heavy atom. The highest BCUT2D eigenvalue weighted by molar-refractivity contribution is 9.10. The van der Waals surface area contributed by atoms with Crippen molar-refractivity contribution in [3.05, 3.63) is 28.7 Å². The van der Waals surface area contributed by atoms with Gasteiger partial charge in [-0.3, -0.25) is 4.79 Å². The normalized spacial score (nSPS) is 17.9. The Hall–Kier alpha value is -0.230. The molecular formula is C15H22BrClN2OS. The molecule has 6 heteroatoms. The van der Waals surface area contributed by atoms with Crippen LogP contribution in [0.2, 0.25) is 0 Å². The zero-order valence-corrected chi connectivity index (χ0v) is 15.2. The minimum Gasteiger partial charge on any atom is -0.352 e. The standard InChI is InChI=1S/C15H21BrN2OS.ClH/c16-12-5-7-14(8-6-12)20-10-2-4-15(19)18-13-3-1-9-17-11-13;/h5-8,13,17H,1-4,9-11H2,(H,18,19);1H. The number of hydrogen-bond donors (Lipinski definition) is 2. The minimum absolute atomic E-state index is 0. The minimum atomic E-state index is 0. The Kier molecular flexibility index (Phi) is 9.40. The molecule has 118 valence electrons. The molecule has 2 N–H and O–H groups in total. The lowest BCUT2D eigenvalue weighted by Crippen LogP contribution is -2.45. The highest BCUT2D eigenvalue weighted by atomic mass is 79.9. The number of carbonyl (C=O) groups is 1. The van der Waals surface area contributed by atoms with E-state index in [1.807, 2.05) is 12.1 Å². The van der Waals surface area contributed by atoms with Crippen LogP contribution in [0, 0.1) is 0 Å². The molecule has 2 rings (SSSR count). The molecule has 0 spiro atoms. The van der Waals surface area contributed by atoms with Crippen LogP contribution >= 0.6 is 40.1 Å². The van der Waals surface area contributed by atoms with Crippen LogP contribution in [0.3, 0.4) is 0 Å². The summed E-state index contributed by atoms with van der Waals surface area (Å²) in [5.74, 6) is 1.17. The molecule has 0 aromatic heterocycles. The van der Waals surface area contributed by atoms with E-state index >= 15 is 0 Å². The molecule has 1 aromatic carbocycles. The van der Waals surface area contributed by atoms with Gasteiger partial charge in [-0.15, -0.1) is 24.2 Å². The molecule has 3 nitrogen and oxygen atoms in total. The van der Waals surface area contributed by atoms with Crippen LogP contribution in [0.25, 0.3) is 0 Å². The van der Waals surface area contributed by atoms with E-state index in [0.717, 1.165) is 42.6 Å². The lowest BCUT2D eigenvalue weighted by molar-refractivity contribution is -0.121. The van der Waals surface area contributed by atoms with Gasteiger partial charge in [0.2, 0.25) is 5.91 Å². The summed E-state index contributed by atoms with van der Waals surface area (Å²) >= 11 is 5.23. The van der Waals surface area contributed by atoms with Gasteiger partial charge in [0.15, 0.2) is 0 Å². The summed E-state index contributed by atoms with van der Waals surface area (Å²) < 4.78 is 1.10. The molecule has 1 unspecified atom stereocenters. The number of hydrogen-bond acceptors (Lipinski definition) is 3. The molecule has 1 saturated heterocycles. The molecule has 1 heterocycles. The molecule has 0 bridgehead atoms. The van der Waals surface area contributed by atoms with Crippen LogP contribution in [-0.4, -0.2) is 30.8 Å². The second kappa shape index (κ2) is 10.5. The van der Waals surface area contributed by atoms with E-state index in [1.54, 1.807) is 11.8 Å². The van der Waals surface area contributed by atoms with Crippen molar-refractivity contribution >= 4 is 46.0 Å². The van der Waals surface area contributed by atoms with E-state index < -0.39 is 0 Å². The first-order chi connectivity index (χ1) is 9.74. The summed E-state index contributed by atoms with van der Waals surface area (Å²) in [4.78, 5) is 13.1. The van der Waals surface area contributed by atoms with Crippen molar-refractivity contribution in [2.24, 2.45) is 0 Å². The van der Waals surface area contributed by atoms with Crippen molar-refractivity contribution in [3.8, 4) is 0 Å². The Morgan fingerprint density at radius 2 is 2.14 bits per heavy atom. The first-order valence-corrected chi connectivity index (χ1v) is 8.90. The summed E-state index contributed by atoms with van der Waals surface area (Å²) in [5, 5.41) is 6.42. The Morgan fingerprint density at radius 3 is 2.81 bits per heavy atom. The van der Waals surface area contributed by atoms with E-state index in [9.17, 15) is 4.79 Å². The van der Waals surface area contributed by atoms with Gasteiger partial charge in [-0.25, -0.2) is 0 Å². The number of benzene rings is 1. The summed E-state index contributed by atoms with van der Waals surface area (Å²) in [5.41, 5.74) is 0. The lowest BCUT2D eigenvalue weighted by Gasteiger charge is -2.23. The Labute approximate surface area is 145 Å². The van der Waals surface area contributed by atoms with E-state index in [0.29, 0.717) is 12.5 Å². The Bertz CT molecular complexity index is 424. The predicted molar refractivity (Wildman–Crippen MR) is 95.4 cm³/mol. The fraction of sp³-hybridized carbons (Fsp3) is 0.533. The molecule has 21 heavy (non-hydrogen) atoms. The molecule has 0 aliphatic carbocycles. The largest absolute Gasteiger partial charge is 0.352 e. The number of halogens is 2. The number of carbonyl (C=O) groups excluding carboxylic acids is 1. The fourth-order valence-corrected chi connectivity index (χ4v) is 3.35.